The molecule has 0 aliphatic carbocycles. The van der Waals surface area contributed by atoms with Gasteiger partial charge in [0.15, 0.2) is 6.10 Å². The maximum atomic E-state index is 12.6. The maximum absolute atomic E-state index is 12.6. The predicted octanol–water partition coefficient (Wildman–Crippen LogP) is 2.87. The van der Waals surface area contributed by atoms with E-state index >= 15 is 0 Å². The Bertz CT molecular complexity index is 497. The summed E-state index contributed by atoms with van der Waals surface area (Å²) in [4.78, 5) is 21.7. The molecule has 0 aliphatic rings. The smallest absolute Gasteiger partial charge is 0.416 e. The van der Waals surface area contributed by atoms with E-state index in [2.05, 4.69) is 4.74 Å². The lowest BCUT2D eigenvalue weighted by atomic mass is 10.1. The number of rotatable bonds is 4. The fourth-order valence-corrected chi connectivity index (χ4v) is 1.51. The molecule has 1 aromatic carbocycles. The van der Waals surface area contributed by atoms with E-state index in [9.17, 15) is 22.8 Å². The monoisotopic (exact) mass is 290 g/mol. The highest BCUT2D eigenvalue weighted by Crippen LogP contribution is 2.31. The predicted molar refractivity (Wildman–Crippen MR) is 62.6 cm³/mol. The summed E-state index contributed by atoms with van der Waals surface area (Å²) in [6.07, 6.45) is -5.57. The fraction of sp³-hybridized carbons (Fsp3) is 0.385. The van der Waals surface area contributed by atoms with Crippen LogP contribution in [0.5, 0.6) is 0 Å². The van der Waals surface area contributed by atoms with Crippen LogP contribution in [0.25, 0.3) is 0 Å². The van der Waals surface area contributed by atoms with Crippen molar-refractivity contribution in [2.45, 2.75) is 26.1 Å². The van der Waals surface area contributed by atoms with Crippen molar-refractivity contribution < 1.29 is 32.2 Å². The van der Waals surface area contributed by atoms with Crippen LogP contribution in [0.15, 0.2) is 24.3 Å². The molecule has 0 bridgehead atoms. The number of halogens is 3. The zero-order valence-electron chi connectivity index (χ0n) is 10.9. The molecule has 1 unspecified atom stereocenters. The minimum atomic E-state index is -4.50. The average Bonchev–Trinajstić information content (AvgIpc) is 2.33. The average molecular weight is 290 g/mol. The first kappa shape index (κ1) is 16.0. The third kappa shape index (κ3) is 4.91. The van der Waals surface area contributed by atoms with Gasteiger partial charge in [0.2, 0.25) is 0 Å². The van der Waals surface area contributed by atoms with E-state index in [1.807, 2.05) is 0 Å². The van der Waals surface area contributed by atoms with E-state index in [1.165, 1.54) is 12.1 Å². The SMILES string of the molecule is CC(=O)OCC(OC(C)=O)c1cccc(C(F)(F)F)c1. The number of hydrogen-bond acceptors (Lipinski definition) is 4. The minimum absolute atomic E-state index is 0.108. The van der Waals surface area contributed by atoms with Crippen LogP contribution in [-0.2, 0) is 25.2 Å². The molecule has 20 heavy (non-hydrogen) atoms. The summed E-state index contributed by atoms with van der Waals surface area (Å²) in [6, 6.07) is 4.33. The van der Waals surface area contributed by atoms with Gasteiger partial charge in [0.05, 0.1) is 5.56 Å². The number of alkyl halides is 3. The highest BCUT2D eigenvalue weighted by Gasteiger charge is 2.31. The third-order valence-corrected chi connectivity index (χ3v) is 2.33. The van der Waals surface area contributed by atoms with E-state index < -0.39 is 29.8 Å². The van der Waals surface area contributed by atoms with Crippen molar-refractivity contribution in [3.8, 4) is 0 Å². The van der Waals surface area contributed by atoms with Gasteiger partial charge < -0.3 is 9.47 Å². The molecule has 110 valence electrons. The second-order valence-electron chi connectivity index (χ2n) is 4.02. The van der Waals surface area contributed by atoms with Crippen molar-refractivity contribution in [1.29, 1.82) is 0 Å². The Kier molecular flexibility index (Phi) is 5.12. The number of benzene rings is 1. The lowest BCUT2D eigenvalue weighted by Gasteiger charge is -2.18. The molecule has 4 nitrogen and oxygen atoms in total. The molecular formula is C13H13F3O4. The van der Waals surface area contributed by atoms with Crippen molar-refractivity contribution in [2.75, 3.05) is 6.61 Å². The van der Waals surface area contributed by atoms with Crippen LogP contribution in [0, 0.1) is 0 Å². The molecule has 1 aromatic rings. The first-order valence-corrected chi connectivity index (χ1v) is 5.68. The van der Waals surface area contributed by atoms with Gasteiger partial charge in [-0.25, -0.2) is 0 Å². The van der Waals surface area contributed by atoms with Gasteiger partial charge in [0.1, 0.15) is 6.61 Å². The summed E-state index contributed by atoms with van der Waals surface area (Å²) in [5.74, 6) is -1.30. The van der Waals surface area contributed by atoms with Crippen molar-refractivity contribution in [2.24, 2.45) is 0 Å². The van der Waals surface area contributed by atoms with E-state index in [0.29, 0.717) is 0 Å². The van der Waals surface area contributed by atoms with Gasteiger partial charge in [0, 0.05) is 13.8 Å². The zero-order valence-corrected chi connectivity index (χ0v) is 10.9. The summed E-state index contributed by atoms with van der Waals surface area (Å²) in [5.41, 5.74) is -0.758. The second-order valence-corrected chi connectivity index (χ2v) is 4.02. The summed E-state index contributed by atoms with van der Waals surface area (Å²) in [5, 5.41) is 0. The zero-order chi connectivity index (χ0) is 15.3. The van der Waals surface area contributed by atoms with Crippen molar-refractivity contribution in [3.05, 3.63) is 35.4 Å². The normalized spacial score (nSPS) is 12.7. The summed E-state index contributed by atoms with van der Waals surface area (Å²) < 4.78 is 47.4. The third-order valence-electron chi connectivity index (χ3n) is 2.33. The van der Waals surface area contributed by atoms with Crippen LogP contribution in [-0.4, -0.2) is 18.5 Å². The summed E-state index contributed by atoms with van der Waals surface area (Å²) >= 11 is 0. The molecule has 0 aliphatic heterocycles. The van der Waals surface area contributed by atoms with Gasteiger partial charge in [-0.05, 0) is 17.7 Å². The van der Waals surface area contributed by atoms with Crippen LogP contribution in [0.2, 0.25) is 0 Å². The molecule has 0 aromatic heterocycles. The molecule has 0 radical (unpaired) electrons. The van der Waals surface area contributed by atoms with E-state index in [-0.39, 0.29) is 12.2 Å². The molecule has 0 N–H and O–H groups in total. The molecule has 7 heteroatoms. The molecule has 0 saturated heterocycles. The lowest BCUT2D eigenvalue weighted by Crippen LogP contribution is -2.17. The molecule has 0 saturated carbocycles. The number of hydrogen-bond donors (Lipinski definition) is 0. The Hall–Kier alpha value is -2.05. The molecule has 1 atom stereocenters. The molecular weight excluding hydrogens is 277 g/mol. The van der Waals surface area contributed by atoms with Crippen molar-refractivity contribution in [3.63, 3.8) is 0 Å². The largest absolute Gasteiger partial charge is 0.462 e. The molecule has 0 spiro atoms. The Morgan fingerprint density at radius 1 is 1.20 bits per heavy atom. The standard InChI is InChI=1S/C13H13F3O4/c1-8(17)19-7-12(20-9(2)18)10-4-3-5-11(6-10)13(14,15)16/h3-6,12H,7H2,1-2H3. The lowest BCUT2D eigenvalue weighted by molar-refractivity contribution is -0.156. The van der Waals surface area contributed by atoms with Gasteiger partial charge in [-0.3, -0.25) is 9.59 Å². The fourth-order valence-electron chi connectivity index (χ4n) is 1.51. The second kappa shape index (κ2) is 6.40. The number of ether oxygens (including phenoxy) is 2. The topological polar surface area (TPSA) is 52.6 Å². The van der Waals surface area contributed by atoms with Gasteiger partial charge in [-0.15, -0.1) is 0 Å². The number of carbonyl (C=O) groups is 2. The Labute approximate surface area is 113 Å². The van der Waals surface area contributed by atoms with E-state index in [4.69, 9.17) is 4.74 Å². The summed E-state index contributed by atoms with van der Waals surface area (Å²) in [6.45, 7) is 1.93. The van der Waals surface area contributed by atoms with E-state index in [0.717, 1.165) is 26.0 Å². The molecule has 1 rings (SSSR count). The van der Waals surface area contributed by atoms with Crippen LogP contribution in [0.4, 0.5) is 13.2 Å². The van der Waals surface area contributed by atoms with E-state index in [1.54, 1.807) is 0 Å². The molecule has 0 heterocycles. The Balaban J connectivity index is 3.00. The first-order valence-electron chi connectivity index (χ1n) is 5.68. The quantitative estimate of drug-likeness (QED) is 0.800. The van der Waals surface area contributed by atoms with Crippen LogP contribution in [0.3, 0.4) is 0 Å². The van der Waals surface area contributed by atoms with Gasteiger partial charge in [-0.2, -0.15) is 13.2 Å². The first-order chi connectivity index (χ1) is 9.20. The maximum Gasteiger partial charge on any atom is 0.416 e. The molecule has 0 fully saturated rings. The summed E-state index contributed by atoms with van der Waals surface area (Å²) in [7, 11) is 0. The minimum Gasteiger partial charge on any atom is -0.462 e. The Morgan fingerprint density at radius 3 is 2.35 bits per heavy atom. The highest BCUT2D eigenvalue weighted by molar-refractivity contribution is 5.67. The van der Waals surface area contributed by atoms with Gasteiger partial charge in [-0.1, -0.05) is 12.1 Å². The van der Waals surface area contributed by atoms with Crippen LogP contribution in [0.1, 0.15) is 31.1 Å². The highest BCUT2D eigenvalue weighted by atomic mass is 19.4. The number of esters is 2. The van der Waals surface area contributed by atoms with Gasteiger partial charge >= 0.3 is 18.1 Å². The van der Waals surface area contributed by atoms with Gasteiger partial charge in [0.25, 0.3) is 0 Å². The van der Waals surface area contributed by atoms with Crippen LogP contribution >= 0.6 is 0 Å². The number of carbonyl (C=O) groups excluding carboxylic acids is 2. The Morgan fingerprint density at radius 2 is 1.85 bits per heavy atom. The van der Waals surface area contributed by atoms with Crippen molar-refractivity contribution >= 4 is 11.9 Å². The van der Waals surface area contributed by atoms with Crippen LogP contribution < -0.4 is 0 Å². The van der Waals surface area contributed by atoms with Crippen molar-refractivity contribution in [1.82, 2.24) is 0 Å². The molecule has 0 amide bonds.